The third kappa shape index (κ3) is 7.72. The number of ether oxygens (including phenoxy) is 1. The van der Waals surface area contributed by atoms with Crippen LogP contribution < -0.4 is 4.74 Å². The average molecular weight is 547 g/mol. The van der Waals surface area contributed by atoms with Crippen molar-refractivity contribution in [2.75, 3.05) is 40.3 Å². The van der Waals surface area contributed by atoms with Gasteiger partial charge in [0.1, 0.15) is 11.8 Å². The van der Waals surface area contributed by atoms with Crippen LogP contribution in [0.1, 0.15) is 73.1 Å². The molecule has 0 fully saturated rings. The second-order valence-corrected chi connectivity index (χ2v) is 10.8. The van der Waals surface area contributed by atoms with E-state index in [4.69, 9.17) is 20.9 Å². The molecule has 3 amide bonds. The van der Waals surface area contributed by atoms with E-state index < -0.39 is 6.04 Å². The van der Waals surface area contributed by atoms with Gasteiger partial charge in [0.25, 0.3) is 11.8 Å². The minimum absolute atomic E-state index is 0.165. The number of amides is 3. The Bertz CT molecular complexity index is 1120. The number of likely N-dealkylation sites (N-methyl/N-ethyl adjacent to an activating group) is 2. The van der Waals surface area contributed by atoms with Crippen LogP contribution in [0.4, 0.5) is 0 Å². The molecule has 9 nitrogen and oxygen atoms in total. The van der Waals surface area contributed by atoms with Gasteiger partial charge in [-0.15, -0.1) is 0 Å². The second-order valence-electron chi connectivity index (χ2n) is 10.3. The number of carbonyl (C=O) groups is 3. The molecule has 0 aliphatic carbocycles. The fourth-order valence-corrected chi connectivity index (χ4v) is 4.56. The first kappa shape index (κ1) is 29.5. The van der Waals surface area contributed by atoms with Gasteiger partial charge in [0, 0.05) is 44.8 Å². The molecule has 0 unspecified atom stereocenters. The maximum atomic E-state index is 13.3. The van der Waals surface area contributed by atoms with Crippen molar-refractivity contribution >= 4 is 29.3 Å². The lowest BCUT2D eigenvalue weighted by molar-refractivity contribution is -0.133. The third-order valence-corrected chi connectivity index (χ3v) is 6.97. The highest BCUT2D eigenvalue weighted by Gasteiger charge is 2.28. The number of hydrogen-bond acceptors (Lipinski definition) is 6. The van der Waals surface area contributed by atoms with E-state index in [9.17, 15) is 14.4 Å². The van der Waals surface area contributed by atoms with E-state index in [0.29, 0.717) is 67.8 Å². The lowest BCUT2D eigenvalue weighted by atomic mass is 10.1. The summed E-state index contributed by atoms with van der Waals surface area (Å²) in [6, 6.07) is 5.97. The Balaban J connectivity index is 1.78. The van der Waals surface area contributed by atoms with Crippen molar-refractivity contribution in [1.29, 1.82) is 0 Å². The molecule has 1 aliphatic rings. The second kappa shape index (κ2) is 13.6. The van der Waals surface area contributed by atoms with E-state index in [2.05, 4.69) is 19.0 Å². The standard InChI is InChI=1S/C28H39ClN4O5/c1-19(2)16-22-18-25(38-30-22)28(36)33-13-7-6-12-31(4)26(34)20(3)32(5)27(35)23-17-21(29)10-11-24(23)37-15-9-8-14-33/h10-11,17-20H,6-9,12-16H2,1-5H3/t20-/m0/s1. The van der Waals surface area contributed by atoms with Gasteiger partial charge in [-0.3, -0.25) is 14.4 Å². The lowest BCUT2D eigenvalue weighted by Crippen LogP contribution is -2.47. The van der Waals surface area contributed by atoms with Crippen LogP contribution in [-0.4, -0.2) is 84.0 Å². The predicted octanol–water partition coefficient (Wildman–Crippen LogP) is 4.54. The highest BCUT2D eigenvalue weighted by molar-refractivity contribution is 6.31. The van der Waals surface area contributed by atoms with E-state index in [1.807, 2.05) is 0 Å². The van der Waals surface area contributed by atoms with Crippen LogP contribution in [0, 0.1) is 5.92 Å². The number of halogens is 1. The van der Waals surface area contributed by atoms with Crippen LogP contribution in [-0.2, 0) is 11.2 Å². The summed E-state index contributed by atoms with van der Waals surface area (Å²) >= 11 is 6.18. The summed E-state index contributed by atoms with van der Waals surface area (Å²) in [5.74, 6) is 0.390. The Morgan fingerprint density at radius 1 is 1.08 bits per heavy atom. The molecular formula is C28H39ClN4O5. The molecule has 0 saturated heterocycles. The molecule has 2 aromatic rings. The number of rotatable bonds is 3. The molecule has 208 valence electrons. The minimum Gasteiger partial charge on any atom is -0.493 e. The van der Waals surface area contributed by atoms with Gasteiger partial charge in [0.2, 0.25) is 11.7 Å². The van der Waals surface area contributed by atoms with Crippen LogP contribution in [0.2, 0.25) is 5.02 Å². The van der Waals surface area contributed by atoms with E-state index in [-0.39, 0.29) is 23.5 Å². The molecule has 0 radical (unpaired) electrons. The first-order valence-electron chi connectivity index (χ1n) is 13.3. The van der Waals surface area contributed by atoms with Crippen LogP contribution in [0.25, 0.3) is 0 Å². The number of fused-ring (bicyclic) bond motifs is 1. The van der Waals surface area contributed by atoms with Crippen LogP contribution in [0.15, 0.2) is 28.8 Å². The van der Waals surface area contributed by atoms with Gasteiger partial charge in [-0.1, -0.05) is 30.6 Å². The lowest BCUT2D eigenvalue weighted by Gasteiger charge is -2.29. The van der Waals surface area contributed by atoms with E-state index in [1.165, 1.54) is 4.90 Å². The van der Waals surface area contributed by atoms with Gasteiger partial charge in [-0.2, -0.15) is 0 Å². The summed E-state index contributed by atoms with van der Waals surface area (Å²) in [5, 5.41) is 4.47. The van der Waals surface area contributed by atoms with Crippen molar-refractivity contribution < 1.29 is 23.6 Å². The Kier molecular flexibility index (Phi) is 10.6. The average Bonchev–Trinajstić information content (AvgIpc) is 3.35. The Morgan fingerprint density at radius 2 is 1.76 bits per heavy atom. The van der Waals surface area contributed by atoms with E-state index >= 15 is 0 Å². The summed E-state index contributed by atoms with van der Waals surface area (Å²) in [6.45, 7) is 7.84. The third-order valence-electron chi connectivity index (χ3n) is 6.73. The molecule has 38 heavy (non-hydrogen) atoms. The van der Waals surface area contributed by atoms with E-state index in [0.717, 1.165) is 18.5 Å². The van der Waals surface area contributed by atoms with Crippen molar-refractivity contribution in [3.63, 3.8) is 0 Å². The maximum Gasteiger partial charge on any atom is 0.292 e. The molecule has 2 heterocycles. The molecule has 0 spiro atoms. The zero-order valence-electron chi connectivity index (χ0n) is 23.0. The predicted molar refractivity (Wildman–Crippen MR) is 146 cm³/mol. The number of hydrogen-bond donors (Lipinski definition) is 0. The summed E-state index contributed by atoms with van der Waals surface area (Å²) < 4.78 is 11.3. The number of aromatic nitrogens is 1. The summed E-state index contributed by atoms with van der Waals surface area (Å²) in [5.41, 5.74) is 1.08. The van der Waals surface area contributed by atoms with Crippen LogP contribution in [0.3, 0.4) is 0 Å². The molecule has 1 atom stereocenters. The van der Waals surface area contributed by atoms with Crippen molar-refractivity contribution in [1.82, 2.24) is 19.9 Å². The summed E-state index contributed by atoms with van der Waals surface area (Å²) in [7, 11) is 3.34. The van der Waals surface area contributed by atoms with E-state index in [1.54, 1.807) is 55.1 Å². The molecule has 1 aliphatic heterocycles. The number of nitrogens with zero attached hydrogens (tertiary/aromatic N) is 4. The first-order valence-corrected chi connectivity index (χ1v) is 13.7. The van der Waals surface area contributed by atoms with Crippen molar-refractivity contribution in [3.05, 3.63) is 46.3 Å². The highest BCUT2D eigenvalue weighted by atomic mass is 35.5. The topological polar surface area (TPSA) is 96.2 Å². The molecule has 0 N–H and O–H groups in total. The SMILES string of the molecule is CC(C)Cc1cc(C(=O)N2CCCCOc3ccc(Cl)cc3C(=O)N(C)[C@@H](C)C(=O)N(C)CCCC2)on1. The Hall–Kier alpha value is -3.07. The van der Waals surface area contributed by atoms with Crippen molar-refractivity contribution in [2.45, 2.75) is 58.9 Å². The molecule has 0 bridgehead atoms. The maximum absolute atomic E-state index is 13.3. The van der Waals surface area contributed by atoms with Gasteiger partial charge < -0.3 is 24.0 Å². The fourth-order valence-electron chi connectivity index (χ4n) is 4.39. The van der Waals surface area contributed by atoms with Gasteiger partial charge in [0.15, 0.2) is 0 Å². The summed E-state index contributed by atoms with van der Waals surface area (Å²) in [4.78, 5) is 44.4. The van der Waals surface area contributed by atoms with Crippen molar-refractivity contribution in [3.8, 4) is 5.75 Å². The van der Waals surface area contributed by atoms with Gasteiger partial charge in [-0.05, 0) is 63.1 Å². The molecule has 10 heteroatoms. The number of benzene rings is 1. The smallest absolute Gasteiger partial charge is 0.292 e. The Labute approximate surface area is 230 Å². The molecule has 1 aromatic heterocycles. The largest absolute Gasteiger partial charge is 0.493 e. The zero-order valence-corrected chi connectivity index (χ0v) is 23.8. The Morgan fingerprint density at radius 3 is 2.47 bits per heavy atom. The minimum atomic E-state index is -0.667. The molecule has 3 rings (SSSR count). The van der Waals surface area contributed by atoms with Gasteiger partial charge >= 0.3 is 0 Å². The molecule has 1 aromatic carbocycles. The van der Waals surface area contributed by atoms with Crippen LogP contribution >= 0.6 is 11.6 Å². The quantitative estimate of drug-likeness (QED) is 0.561. The van der Waals surface area contributed by atoms with Gasteiger partial charge in [-0.25, -0.2) is 0 Å². The van der Waals surface area contributed by atoms with Crippen molar-refractivity contribution in [2.24, 2.45) is 5.92 Å². The normalized spacial score (nSPS) is 18.8. The zero-order chi connectivity index (χ0) is 27.8. The van der Waals surface area contributed by atoms with Gasteiger partial charge in [0.05, 0.1) is 17.9 Å². The molecule has 0 saturated carbocycles. The fraction of sp³-hybridized carbons (Fsp3) is 0.571. The summed E-state index contributed by atoms with van der Waals surface area (Å²) in [6.07, 6.45) is 3.58. The monoisotopic (exact) mass is 546 g/mol. The highest BCUT2D eigenvalue weighted by Crippen LogP contribution is 2.25. The van der Waals surface area contributed by atoms with Crippen LogP contribution in [0.5, 0.6) is 5.75 Å². The first-order chi connectivity index (χ1) is 18.1. The molecular weight excluding hydrogens is 508 g/mol. The number of carbonyl (C=O) groups excluding carboxylic acids is 3.